The Morgan fingerprint density at radius 3 is 3.00 bits per heavy atom. The van der Waals surface area contributed by atoms with Gasteiger partial charge < -0.3 is 19.4 Å². The molecule has 2 atom stereocenters. The number of likely N-dealkylation sites (N-methyl/N-ethyl adjacent to an activating group) is 2. The van der Waals surface area contributed by atoms with Gasteiger partial charge in [0.25, 0.3) is 0 Å². The lowest BCUT2D eigenvalue weighted by Gasteiger charge is -2.34. The number of nitrogens with one attached hydrogen (secondary N) is 1. The lowest BCUT2D eigenvalue weighted by Crippen LogP contribution is -2.45. The Balaban J connectivity index is 1.92. The van der Waals surface area contributed by atoms with Gasteiger partial charge in [-0.1, -0.05) is 12.1 Å². The Morgan fingerprint density at radius 1 is 1.45 bits per heavy atom. The summed E-state index contributed by atoms with van der Waals surface area (Å²) >= 11 is 0. The van der Waals surface area contributed by atoms with Crippen molar-refractivity contribution in [2.24, 2.45) is 0 Å². The van der Waals surface area contributed by atoms with E-state index in [1.165, 1.54) is 6.07 Å². The van der Waals surface area contributed by atoms with E-state index in [1.807, 2.05) is 19.2 Å². The molecule has 0 aliphatic carbocycles. The largest absolute Gasteiger partial charge is 0.456 e. The Morgan fingerprint density at radius 2 is 2.30 bits per heavy atom. The Labute approximate surface area is 117 Å². The van der Waals surface area contributed by atoms with E-state index >= 15 is 0 Å². The third-order valence-corrected chi connectivity index (χ3v) is 3.80. The number of para-hydroxylation sites is 1. The number of rotatable bonds is 3. The van der Waals surface area contributed by atoms with Crippen LogP contribution in [0.1, 0.15) is 11.8 Å². The predicted molar refractivity (Wildman–Crippen MR) is 75.2 cm³/mol. The number of fused-ring (bicyclic) bond motifs is 1. The zero-order chi connectivity index (χ0) is 14.1. The topological polar surface area (TPSA) is 37.6 Å². The molecule has 0 radical (unpaired) electrons. The quantitative estimate of drug-likeness (QED) is 0.933. The number of hydrogen-bond acceptors (Lipinski definition) is 4. The maximum Gasteiger partial charge on any atom is 0.169 e. The number of benzene rings is 1. The molecule has 1 N–H and O–H groups in total. The van der Waals surface area contributed by atoms with E-state index in [4.69, 9.17) is 9.15 Å². The molecule has 1 aromatic heterocycles. The number of halogens is 1. The number of ether oxygens (including phenoxy) is 1. The molecule has 3 rings (SSSR count). The van der Waals surface area contributed by atoms with Crippen LogP contribution in [0, 0.1) is 5.82 Å². The molecular formula is C15H19FN2O2. The van der Waals surface area contributed by atoms with Gasteiger partial charge in [-0.25, -0.2) is 4.39 Å². The maximum absolute atomic E-state index is 13.7. The van der Waals surface area contributed by atoms with Crippen molar-refractivity contribution < 1.29 is 13.5 Å². The molecule has 1 aliphatic heterocycles. The summed E-state index contributed by atoms with van der Waals surface area (Å²) in [6.45, 7) is 2.46. The van der Waals surface area contributed by atoms with Gasteiger partial charge in [-0.2, -0.15) is 0 Å². The first kappa shape index (κ1) is 13.5. The van der Waals surface area contributed by atoms with Gasteiger partial charge in [0, 0.05) is 18.5 Å². The molecule has 2 unspecified atom stereocenters. The van der Waals surface area contributed by atoms with E-state index in [1.54, 1.807) is 6.07 Å². The second kappa shape index (κ2) is 5.52. The molecular weight excluding hydrogens is 259 g/mol. The first-order valence-electron chi connectivity index (χ1n) is 6.84. The van der Waals surface area contributed by atoms with Crippen LogP contribution in [0.15, 0.2) is 28.7 Å². The van der Waals surface area contributed by atoms with Crippen molar-refractivity contribution in [3.63, 3.8) is 0 Å². The highest BCUT2D eigenvalue weighted by molar-refractivity contribution is 5.78. The van der Waals surface area contributed by atoms with E-state index in [-0.39, 0.29) is 18.0 Å². The van der Waals surface area contributed by atoms with Crippen LogP contribution in [0.25, 0.3) is 11.0 Å². The molecule has 1 saturated heterocycles. The summed E-state index contributed by atoms with van der Waals surface area (Å²) in [6, 6.07) is 6.76. The van der Waals surface area contributed by atoms with Gasteiger partial charge in [0.1, 0.15) is 5.76 Å². The zero-order valence-electron chi connectivity index (χ0n) is 11.7. The van der Waals surface area contributed by atoms with E-state index in [0.29, 0.717) is 18.0 Å². The summed E-state index contributed by atoms with van der Waals surface area (Å²) < 4.78 is 25.2. The van der Waals surface area contributed by atoms with Crippen molar-refractivity contribution in [3.8, 4) is 0 Å². The minimum absolute atomic E-state index is 0.00220. The van der Waals surface area contributed by atoms with Gasteiger partial charge in [0.2, 0.25) is 0 Å². The van der Waals surface area contributed by atoms with Crippen molar-refractivity contribution in [1.82, 2.24) is 10.2 Å². The van der Waals surface area contributed by atoms with Crippen molar-refractivity contribution in [2.75, 3.05) is 33.8 Å². The van der Waals surface area contributed by atoms with E-state index in [2.05, 4.69) is 17.3 Å². The fourth-order valence-electron chi connectivity index (χ4n) is 2.72. The molecule has 0 spiro atoms. The molecule has 5 heteroatoms. The van der Waals surface area contributed by atoms with Crippen LogP contribution in [0.5, 0.6) is 0 Å². The molecule has 2 heterocycles. The number of furan rings is 1. The Hall–Kier alpha value is -1.43. The van der Waals surface area contributed by atoms with Gasteiger partial charge in [-0.15, -0.1) is 0 Å². The highest BCUT2D eigenvalue weighted by Crippen LogP contribution is 2.29. The molecule has 2 aromatic rings. The number of hydrogen-bond donors (Lipinski definition) is 1. The minimum atomic E-state index is -0.328. The van der Waals surface area contributed by atoms with Gasteiger partial charge in [0.05, 0.1) is 18.8 Å². The third kappa shape index (κ3) is 2.44. The summed E-state index contributed by atoms with van der Waals surface area (Å²) in [7, 11) is 3.94. The minimum Gasteiger partial charge on any atom is -0.456 e. The normalized spacial score (nSPS) is 22.2. The van der Waals surface area contributed by atoms with Crippen LogP contribution in [0.4, 0.5) is 4.39 Å². The van der Waals surface area contributed by atoms with Gasteiger partial charge in [-0.05, 0) is 26.2 Å². The van der Waals surface area contributed by atoms with Crippen LogP contribution >= 0.6 is 0 Å². The Kier molecular flexibility index (Phi) is 3.74. The number of nitrogens with zero attached hydrogens (tertiary/aromatic N) is 1. The lowest BCUT2D eigenvalue weighted by atomic mass is 10.1. The standard InChI is InChI=1S/C15H19FN2O2/c1-17-14(13-9-18(2)6-7-19-13)12-8-10-4-3-5-11(16)15(10)20-12/h3-5,8,13-14,17H,6-7,9H2,1-2H3. The van der Waals surface area contributed by atoms with Crippen molar-refractivity contribution in [3.05, 3.63) is 35.8 Å². The van der Waals surface area contributed by atoms with Crippen molar-refractivity contribution >= 4 is 11.0 Å². The van der Waals surface area contributed by atoms with E-state index < -0.39 is 0 Å². The molecule has 0 bridgehead atoms. The lowest BCUT2D eigenvalue weighted by molar-refractivity contribution is -0.0412. The van der Waals surface area contributed by atoms with Crippen LogP contribution in [-0.4, -0.2) is 44.8 Å². The van der Waals surface area contributed by atoms with E-state index in [9.17, 15) is 4.39 Å². The smallest absolute Gasteiger partial charge is 0.169 e. The summed E-state index contributed by atoms with van der Waals surface area (Å²) in [6.07, 6.45) is 0.00220. The fraction of sp³-hybridized carbons (Fsp3) is 0.467. The van der Waals surface area contributed by atoms with E-state index in [0.717, 1.165) is 18.5 Å². The van der Waals surface area contributed by atoms with Gasteiger partial charge in [-0.3, -0.25) is 0 Å². The van der Waals surface area contributed by atoms with Crippen molar-refractivity contribution in [1.29, 1.82) is 0 Å². The molecule has 108 valence electrons. The molecule has 4 nitrogen and oxygen atoms in total. The first-order chi connectivity index (χ1) is 9.69. The van der Waals surface area contributed by atoms with Crippen LogP contribution in [0.2, 0.25) is 0 Å². The highest BCUT2D eigenvalue weighted by Gasteiger charge is 2.29. The highest BCUT2D eigenvalue weighted by atomic mass is 19.1. The average Bonchev–Trinajstić information content (AvgIpc) is 2.85. The summed E-state index contributed by atoms with van der Waals surface area (Å²) in [5, 5.41) is 4.00. The molecule has 0 amide bonds. The van der Waals surface area contributed by atoms with Crippen LogP contribution in [-0.2, 0) is 4.74 Å². The second-order valence-corrected chi connectivity index (χ2v) is 5.24. The second-order valence-electron chi connectivity index (χ2n) is 5.24. The number of morpholine rings is 1. The maximum atomic E-state index is 13.7. The first-order valence-corrected chi connectivity index (χ1v) is 6.84. The summed E-state index contributed by atoms with van der Waals surface area (Å²) in [5.74, 6) is 0.387. The molecule has 1 aromatic carbocycles. The van der Waals surface area contributed by atoms with Gasteiger partial charge in [0.15, 0.2) is 11.4 Å². The summed E-state index contributed by atoms with van der Waals surface area (Å²) in [5.41, 5.74) is 0.312. The fourth-order valence-corrected chi connectivity index (χ4v) is 2.72. The molecule has 1 aliphatic rings. The monoisotopic (exact) mass is 278 g/mol. The molecule has 0 saturated carbocycles. The SMILES string of the molecule is CNC(c1cc2cccc(F)c2o1)C1CN(C)CCO1. The van der Waals surface area contributed by atoms with Crippen LogP contribution < -0.4 is 5.32 Å². The third-order valence-electron chi connectivity index (χ3n) is 3.80. The average molecular weight is 278 g/mol. The predicted octanol–water partition coefficient (Wildman–Crippen LogP) is 2.16. The summed E-state index contributed by atoms with van der Waals surface area (Å²) in [4.78, 5) is 2.22. The molecule has 1 fully saturated rings. The Bertz CT molecular complexity index is 599. The van der Waals surface area contributed by atoms with Crippen LogP contribution in [0.3, 0.4) is 0 Å². The molecule has 20 heavy (non-hydrogen) atoms. The van der Waals surface area contributed by atoms with Crippen molar-refractivity contribution in [2.45, 2.75) is 12.1 Å². The van der Waals surface area contributed by atoms with Gasteiger partial charge >= 0.3 is 0 Å². The zero-order valence-corrected chi connectivity index (χ0v) is 11.7.